The largest absolute Gasteiger partial charge is 0.478 e. The SMILES string of the molecule is CCOC(=O)N1CCN(c2ccc(NS(=O)(=O)c3ccc(C(C)(C)C)cc3)cc2C(=O)O)CC1. The number of sulfonamides is 1. The zero-order valence-electron chi connectivity index (χ0n) is 19.9. The molecule has 0 atom stereocenters. The lowest BCUT2D eigenvalue weighted by molar-refractivity contribution is 0.0696. The molecule has 9 nitrogen and oxygen atoms in total. The maximum absolute atomic E-state index is 12.9. The summed E-state index contributed by atoms with van der Waals surface area (Å²) in [4.78, 5) is 27.4. The van der Waals surface area contributed by atoms with E-state index in [0.717, 1.165) is 5.56 Å². The average molecular weight is 490 g/mol. The first-order valence-corrected chi connectivity index (χ1v) is 12.6. The summed E-state index contributed by atoms with van der Waals surface area (Å²) in [6.45, 7) is 9.83. The molecule has 0 radical (unpaired) electrons. The lowest BCUT2D eigenvalue weighted by Crippen LogP contribution is -2.49. The zero-order chi connectivity index (χ0) is 25.1. The van der Waals surface area contributed by atoms with Crippen LogP contribution in [0.5, 0.6) is 0 Å². The Kier molecular flexibility index (Phi) is 7.40. The third-order valence-electron chi connectivity index (χ3n) is 5.66. The van der Waals surface area contributed by atoms with Gasteiger partial charge in [0.1, 0.15) is 0 Å². The number of anilines is 2. The molecular weight excluding hydrogens is 458 g/mol. The zero-order valence-corrected chi connectivity index (χ0v) is 20.7. The number of nitrogens with one attached hydrogen (secondary N) is 1. The summed E-state index contributed by atoms with van der Waals surface area (Å²) < 4.78 is 33.2. The minimum absolute atomic E-state index is 0.0205. The monoisotopic (exact) mass is 489 g/mol. The molecule has 184 valence electrons. The molecule has 0 unspecified atom stereocenters. The molecule has 1 heterocycles. The van der Waals surface area contributed by atoms with Crippen LogP contribution < -0.4 is 9.62 Å². The molecule has 1 aliphatic heterocycles. The highest BCUT2D eigenvalue weighted by molar-refractivity contribution is 7.92. The van der Waals surface area contributed by atoms with Crippen LogP contribution in [0.25, 0.3) is 0 Å². The Morgan fingerprint density at radius 2 is 1.65 bits per heavy atom. The van der Waals surface area contributed by atoms with Gasteiger partial charge in [0.05, 0.1) is 22.8 Å². The number of ether oxygens (including phenoxy) is 1. The van der Waals surface area contributed by atoms with Crippen molar-refractivity contribution in [3.8, 4) is 0 Å². The Hall–Kier alpha value is -3.27. The van der Waals surface area contributed by atoms with Gasteiger partial charge in [-0.25, -0.2) is 18.0 Å². The summed E-state index contributed by atoms with van der Waals surface area (Å²) in [6.07, 6.45) is -0.388. The first kappa shape index (κ1) is 25.4. The highest BCUT2D eigenvalue weighted by Gasteiger charge is 2.25. The van der Waals surface area contributed by atoms with Crippen molar-refractivity contribution in [2.24, 2.45) is 0 Å². The molecule has 0 saturated carbocycles. The summed E-state index contributed by atoms with van der Waals surface area (Å²) in [6, 6.07) is 11.1. The normalized spacial score (nSPS) is 14.6. The summed E-state index contributed by atoms with van der Waals surface area (Å²) in [7, 11) is -3.89. The van der Waals surface area contributed by atoms with Crippen LogP contribution in [0.1, 0.15) is 43.6 Å². The molecule has 0 aliphatic carbocycles. The third-order valence-corrected chi connectivity index (χ3v) is 7.05. The topological polar surface area (TPSA) is 116 Å². The van der Waals surface area contributed by atoms with E-state index in [9.17, 15) is 23.1 Å². The number of benzene rings is 2. The average Bonchev–Trinajstić information content (AvgIpc) is 2.78. The van der Waals surface area contributed by atoms with Crippen molar-refractivity contribution in [3.63, 3.8) is 0 Å². The number of carbonyl (C=O) groups is 2. The molecule has 1 fully saturated rings. The highest BCUT2D eigenvalue weighted by Crippen LogP contribution is 2.28. The third kappa shape index (κ3) is 5.80. The van der Waals surface area contributed by atoms with Gasteiger partial charge in [-0.3, -0.25) is 4.72 Å². The standard InChI is InChI=1S/C24H31N3O6S/c1-5-33-23(30)27-14-12-26(13-15-27)21-11-8-18(16-20(21)22(28)29)25-34(31,32)19-9-6-17(7-10-19)24(2,3)4/h6-11,16,25H,5,12-15H2,1-4H3,(H,28,29). The summed E-state index contributed by atoms with van der Waals surface area (Å²) >= 11 is 0. The van der Waals surface area contributed by atoms with E-state index in [4.69, 9.17) is 4.74 Å². The van der Waals surface area contributed by atoms with Crippen LogP contribution in [0.4, 0.5) is 16.2 Å². The van der Waals surface area contributed by atoms with Gasteiger partial charge in [0.2, 0.25) is 0 Å². The molecule has 2 aromatic carbocycles. The number of hydrogen-bond donors (Lipinski definition) is 2. The lowest BCUT2D eigenvalue weighted by Gasteiger charge is -2.36. The van der Waals surface area contributed by atoms with E-state index in [-0.39, 0.29) is 27.7 Å². The number of piperazine rings is 1. The number of aromatic carboxylic acids is 1. The van der Waals surface area contributed by atoms with Crippen LogP contribution in [-0.4, -0.2) is 63.3 Å². The van der Waals surface area contributed by atoms with Crippen molar-refractivity contribution in [3.05, 3.63) is 53.6 Å². The van der Waals surface area contributed by atoms with Crippen molar-refractivity contribution < 1.29 is 27.9 Å². The predicted octanol–water partition coefficient (Wildman–Crippen LogP) is 3.76. The van der Waals surface area contributed by atoms with Crippen LogP contribution >= 0.6 is 0 Å². The summed E-state index contributed by atoms with van der Waals surface area (Å²) in [5.74, 6) is -1.17. The van der Waals surface area contributed by atoms with Gasteiger partial charge in [0.25, 0.3) is 10.0 Å². The molecule has 0 bridgehead atoms. The van der Waals surface area contributed by atoms with Gasteiger partial charge in [-0.2, -0.15) is 0 Å². The smallest absolute Gasteiger partial charge is 0.409 e. The molecule has 1 saturated heterocycles. The van der Waals surface area contributed by atoms with Gasteiger partial charge in [0.15, 0.2) is 0 Å². The fourth-order valence-electron chi connectivity index (χ4n) is 3.74. The van der Waals surface area contributed by atoms with Crippen LogP contribution in [-0.2, 0) is 20.2 Å². The fraction of sp³-hybridized carbons (Fsp3) is 0.417. The lowest BCUT2D eigenvalue weighted by atomic mass is 9.87. The Balaban J connectivity index is 1.78. The van der Waals surface area contributed by atoms with E-state index in [1.807, 2.05) is 25.7 Å². The maximum atomic E-state index is 12.9. The van der Waals surface area contributed by atoms with Crippen LogP contribution in [0.3, 0.4) is 0 Å². The molecule has 1 aliphatic rings. The van der Waals surface area contributed by atoms with Crippen molar-refractivity contribution in [2.45, 2.75) is 38.0 Å². The van der Waals surface area contributed by atoms with Crippen molar-refractivity contribution in [1.82, 2.24) is 4.90 Å². The molecule has 34 heavy (non-hydrogen) atoms. The molecule has 1 amide bonds. The molecule has 2 N–H and O–H groups in total. The number of rotatable bonds is 6. The fourth-order valence-corrected chi connectivity index (χ4v) is 4.79. The number of carboxylic acid groups (broad SMARTS) is 1. The van der Waals surface area contributed by atoms with Crippen LogP contribution in [0.15, 0.2) is 47.4 Å². The number of carboxylic acids is 1. The van der Waals surface area contributed by atoms with Crippen LogP contribution in [0.2, 0.25) is 0 Å². The van der Waals surface area contributed by atoms with Gasteiger partial charge in [0, 0.05) is 31.9 Å². The van der Waals surface area contributed by atoms with E-state index in [2.05, 4.69) is 4.72 Å². The number of amides is 1. The Labute approximate surface area is 200 Å². The Morgan fingerprint density at radius 1 is 1.03 bits per heavy atom. The first-order chi connectivity index (χ1) is 15.9. The van der Waals surface area contributed by atoms with E-state index in [0.29, 0.717) is 38.5 Å². The van der Waals surface area contributed by atoms with E-state index < -0.39 is 16.0 Å². The number of hydrogen-bond acceptors (Lipinski definition) is 6. The van der Waals surface area contributed by atoms with Gasteiger partial charge in [-0.15, -0.1) is 0 Å². The molecule has 0 spiro atoms. The number of nitrogens with zero attached hydrogens (tertiary/aromatic N) is 2. The first-order valence-electron chi connectivity index (χ1n) is 11.1. The predicted molar refractivity (Wildman–Crippen MR) is 130 cm³/mol. The van der Waals surface area contributed by atoms with Gasteiger partial charge in [-0.1, -0.05) is 32.9 Å². The van der Waals surface area contributed by atoms with E-state index in [1.54, 1.807) is 48.2 Å². The second-order valence-corrected chi connectivity index (χ2v) is 10.8. The molecule has 3 rings (SSSR count). The second kappa shape index (κ2) is 9.92. The van der Waals surface area contributed by atoms with Crippen molar-refractivity contribution in [1.29, 1.82) is 0 Å². The Bertz CT molecular complexity index is 1150. The van der Waals surface area contributed by atoms with Crippen molar-refractivity contribution in [2.75, 3.05) is 42.4 Å². The maximum Gasteiger partial charge on any atom is 0.409 e. The minimum atomic E-state index is -3.89. The van der Waals surface area contributed by atoms with Crippen LogP contribution in [0, 0.1) is 0 Å². The highest BCUT2D eigenvalue weighted by atomic mass is 32.2. The van der Waals surface area contributed by atoms with E-state index >= 15 is 0 Å². The summed E-state index contributed by atoms with van der Waals surface area (Å²) in [5.41, 5.74) is 1.50. The van der Waals surface area contributed by atoms with Crippen molar-refractivity contribution >= 4 is 33.5 Å². The molecule has 2 aromatic rings. The Morgan fingerprint density at radius 3 is 2.18 bits per heavy atom. The quantitative estimate of drug-likeness (QED) is 0.635. The molecule has 10 heteroatoms. The van der Waals surface area contributed by atoms with Gasteiger partial charge in [-0.05, 0) is 48.2 Å². The molecule has 0 aromatic heterocycles. The second-order valence-electron chi connectivity index (χ2n) is 9.09. The minimum Gasteiger partial charge on any atom is -0.478 e. The van der Waals surface area contributed by atoms with Gasteiger partial charge < -0.3 is 19.6 Å². The summed E-state index contributed by atoms with van der Waals surface area (Å²) in [5, 5.41) is 9.76. The molecular formula is C24H31N3O6S. The number of carbonyl (C=O) groups excluding carboxylic acids is 1. The van der Waals surface area contributed by atoms with E-state index in [1.165, 1.54) is 6.07 Å². The van der Waals surface area contributed by atoms with Gasteiger partial charge >= 0.3 is 12.1 Å².